The molecule has 0 N–H and O–H groups in total. The van der Waals surface area contributed by atoms with Crippen molar-refractivity contribution < 1.29 is 23.9 Å². The fraction of sp³-hybridized carbons (Fsp3) is 0.526. The highest BCUT2D eigenvalue weighted by Gasteiger charge is 2.22. The lowest BCUT2D eigenvalue weighted by molar-refractivity contribution is -0.143. The third-order valence-corrected chi connectivity index (χ3v) is 4.42. The first-order valence-electron chi connectivity index (χ1n) is 8.82. The van der Waals surface area contributed by atoms with E-state index in [9.17, 15) is 14.4 Å². The lowest BCUT2D eigenvalue weighted by Gasteiger charge is -2.22. The summed E-state index contributed by atoms with van der Waals surface area (Å²) in [6.45, 7) is 4.04. The molecule has 1 aliphatic heterocycles. The summed E-state index contributed by atoms with van der Waals surface area (Å²) in [4.78, 5) is 39.2. The molecule has 1 fully saturated rings. The SMILES string of the molecule is COC(=O)CCC(=O)N1CCCN(C(=O)COc2ccccc2C)CC1. The second kappa shape index (κ2) is 9.79. The summed E-state index contributed by atoms with van der Waals surface area (Å²) in [6, 6.07) is 7.57. The van der Waals surface area contributed by atoms with Crippen molar-refractivity contribution in [2.24, 2.45) is 0 Å². The van der Waals surface area contributed by atoms with Gasteiger partial charge in [-0.25, -0.2) is 0 Å². The van der Waals surface area contributed by atoms with Gasteiger partial charge in [0.15, 0.2) is 6.61 Å². The van der Waals surface area contributed by atoms with Crippen molar-refractivity contribution in [2.45, 2.75) is 26.2 Å². The minimum Gasteiger partial charge on any atom is -0.484 e. The molecule has 0 atom stereocenters. The largest absolute Gasteiger partial charge is 0.484 e. The maximum Gasteiger partial charge on any atom is 0.306 e. The molecule has 0 radical (unpaired) electrons. The zero-order chi connectivity index (χ0) is 18.9. The van der Waals surface area contributed by atoms with Crippen molar-refractivity contribution in [1.29, 1.82) is 0 Å². The van der Waals surface area contributed by atoms with E-state index in [-0.39, 0.29) is 31.3 Å². The van der Waals surface area contributed by atoms with Crippen LogP contribution < -0.4 is 4.74 Å². The normalized spacial score (nSPS) is 14.5. The zero-order valence-corrected chi connectivity index (χ0v) is 15.4. The molecule has 0 spiro atoms. The number of nitrogens with zero attached hydrogens (tertiary/aromatic N) is 2. The smallest absolute Gasteiger partial charge is 0.306 e. The van der Waals surface area contributed by atoms with Gasteiger partial charge in [-0.2, -0.15) is 0 Å². The van der Waals surface area contributed by atoms with Crippen LogP contribution in [0.2, 0.25) is 0 Å². The molecule has 26 heavy (non-hydrogen) atoms. The minimum absolute atomic E-state index is 0.0128. The van der Waals surface area contributed by atoms with Crippen molar-refractivity contribution in [2.75, 3.05) is 39.9 Å². The van der Waals surface area contributed by atoms with Crippen LogP contribution in [-0.2, 0) is 19.1 Å². The van der Waals surface area contributed by atoms with Crippen molar-refractivity contribution in [3.63, 3.8) is 0 Å². The van der Waals surface area contributed by atoms with Gasteiger partial charge in [0.25, 0.3) is 5.91 Å². The van der Waals surface area contributed by atoms with E-state index in [0.29, 0.717) is 38.3 Å². The Kier molecular flexibility index (Phi) is 7.44. The van der Waals surface area contributed by atoms with Gasteiger partial charge in [-0.15, -0.1) is 0 Å². The van der Waals surface area contributed by atoms with Crippen LogP contribution in [0.3, 0.4) is 0 Å². The number of carbonyl (C=O) groups is 3. The van der Waals surface area contributed by atoms with Crippen molar-refractivity contribution in [3.8, 4) is 5.75 Å². The average Bonchev–Trinajstić information content (AvgIpc) is 2.91. The van der Waals surface area contributed by atoms with Crippen LogP contribution in [0.25, 0.3) is 0 Å². The highest BCUT2D eigenvalue weighted by molar-refractivity contribution is 5.81. The molecule has 0 aliphatic carbocycles. The van der Waals surface area contributed by atoms with Crippen LogP contribution in [-0.4, -0.2) is 67.5 Å². The first-order chi connectivity index (χ1) is 12.5. The maximum atomic E-state index is 12.4. The maximum absolute atomic E-state index is 12.4. The Morgan fingerprint density at radius 2 is 1.62 bits per heavy atom. The van der Waals surface area contributed by atoms with E-state index < -0.39 is 5.97 Å². The number of hydrogen-bond acceptors (Lipinski definition) is 5. The number of benzene rings is 1. The number of hydrogen-bond donors (Lipinski definition) is 0. The Morgan fingerprint density at radius 3 is 2.27 bits per heavy atom. The van der Waals surface area contributed by atoms with Gasteiger partial charge in [0.2, 0.25) is 5.91 Å². The number of ether oxygens (including phenoxy) is 2. The van der Waals surface area contributed by atoms with Crippen molar-refractivity contribution in [1.82, 2.24) is 9.80 Å². The Labute approximate surface area is 153 Å². The van der Waals surface area contributed by atoms with Crippen molar-refractivity contribution >= 4 is 17.8 Å². The number of methoxy groups -OCH3 is 1. The minimum atomic E-state index is -0.390. The summed E-state index contributed by atoms with van der Waals surface area (Å²) in [6.07, 6.45) is 0.926. The van der Waals surface area contributed by atoms with E-state index in [4.69, 9.17) is 4.74 Å². The monoisotopic (exact) mass is 362 g/mol. The predicted molar refractivity (Wildman–Crippen MR) is 95.7 cm³/mol. The second-order valence-electron chi connectivity index (χ2n) is 6.25. The summed E-state index contributed by atoms with van der Waals surface area (Å²) in [5, 5.41) is 0. The standard InChI is InChI=1S/C19H26N2O5/c1-15-6-3-4-7-16(15)26-14-18(23)21-11-5-10-20(12-13-21)17(22)8-9-19(24)25-2/h3-4,6-7H,5,8-14H2,1-2H3. The summed E-state index contributed by atoms with van der Waals surface area (Å²) in [5.41, 5.74) is 0.985. The van der Waals surface area contributed by atoms with Gasteiger partial charge >= 0.3 is 5.97 Å². The quantitative estimate of drug-likeness (QED) is 0.715. The van der Waals surface area contributed by atoms with Crippen LogP contribution in [0.1, 0.15) is 24.8 Å². The average molecular weight is 362 g/mol. The molecule has 2 rings (SSSR count). The Hall–Kier alpha value is -2.57. The van der Waals surface area contributed by atoms with Crippen LogP contribution in [0.5, 0.6) is 5.75 Å². The fourth-order valence-electron chi connectivity index (χ4n) is 2.83. The lowest BCUT2D eigenvalue weighted by atomic mass is 10.2. The molecular formula is C19H26N2O5. The molecule has 2 amide bonds. The van der Waals surface area contributed by atoms with E-state index in [0.717, 1.165) is 5.56 Å². The number of para-hydroxylation sites is 1. The molecule has 1 heterocycles. The molecule has 0 saturated carbocycles. The number of amides is 2. The van der Waals surface area contributed by atoms with E-state index in [1.165, 1.54) is 7.11 Å². The molecule has 0 aromatic heterocycles. The van der Waals surface area contributed by atoms with E-state index in [1.807, 2.05) is 31.2 Å². The molecule has 1 aromatic rings. The summed E-state index contributed by atoms with van der Waals surface area (Å²) in [5.74, 6) is 0.145. The molecular weight excluding hydrogens is 336 g/mol. The Balaban J connectivity index is 1.80. The third-order valence-electron chi connectivity index (χ3n) is 4.42. The predicted octanol–water partition coefficient (Wildman–Crippen LogP) is 1.39. The highest BCUT2D eigenvalue weighted by atomic mass is 16.5. The second-order valence-corrected chi connectivity index (χ2v) is 6.25. The van der Waals surface area contributed by atoms with Gasteiger partial charge in [0.05, 0.1) is 13.5 Å². The number of esters is 1. The molecule has 1 aromatic carbocycles. The lowest BCUT2D eigenvalue weighted by Crippen LogP contribution is -2.39. The summed E-state index contributed by atoms with van der Waals surface area (Å²) >= 11 is 0. The number of aryl methyl sites for hydroxylation is 1. The van der Waals surface area contributed by atoms with E-state index in [1.54, 1.807) is 9.80 Å². The topological polar surface area (TPSA) is 76.2 Å². The first-order valence-corrected chi connectivity index (χ1v) is 8.82. The van der Waals surface area contributed by atoms with Gasteiger partial charge in [0.1, 0.15) is 5.75 Å². The highest BCUT2D eigenvalue weighted by Crippen LogP contribution is 2.16. The van der Waals surface area contributed by atoms with E-state index in [2.05, 4.69) is 4.74 Å². The van der Waals surface area contributed by atoms with Crippen LogP contribution in [0.4, 0.5) is 0 Å². The van der Waals surface area contributed by atoms with Crippen LogP contribution >= 0.6 is 0 Å². The van der Waals surface area contributed by atoms with Crippen LogP contribution in [0.15, 0.2) is 24.3 Å². The molecule has 1 aliphatic rings. The summed E-state index contributed by atoms with van der Waals surface area (Å²) in [7, 11) is 1.31. The molecule has 0 bridgehead atoms. The number of carbonyl (C=O) groups excluding carboxylic acids is 3. The molecule has 7 nitrogen and oxygen atoms in total. The first kappa shape index (κ1) is 19.8. The van der Waals surface area contributed by atoms with Gasteiger partial charge < -0.3 is 19.3 Å². The molecule has 0 unspecified atom stereocenters. The van der Waals surface area contributed by atoms with Gasteiger partial charge in [-0.05, 0) is 25.0 Å². The third kappa shape index (κ3) is 5.75. The molecule has 1 saturated heterocycles. The van der Waals surface area contributed by atoms with Gasteiger partial charge in [-0.1, -0.05) is 18.2 Å². The molecule has 7 heteroatoms. The molecule has 142 valence electrons. The van der Waals surface area contributed by atoms with Gasteiger partial charge in [-0.3, -0.25) is 14.4 Å². The Morgan fingerprint density at radius 1 is 0.962 bits per heavy atom. The number of rotatable bonds is 6. The fourth-order valence-corrected chi connectivity index (χ4v) is 2.83. The van der Waals surface area contributed by atoms with Gasteiger partial charge in [0, 0.05) is 32.6 Å². The van der Waals surface area contributed by atoms with Crippen molar-refractivity contribution in [3.05, 3.63) is 29.8 Å². The Bertz CT molecular complexity index is 647. The van der Waals surface area contributed by atoms with E-state index >= 15 is 0 Å². The summed E-state index contributed by atoms with van der Waals surface area (Å²) < 4.78 is 10.2. The zero-order valence-electron chi connectivity index (χ0n) is 15.4. The van der Waals surface area contributed by atoms with Crippen LogP contribution in [0, 0.1) is 6.92 Å².